The Kier molecular flexibility index (Phi) is 17.7. The van der Waals surface area contributed by atoms with E-state index >= 15 is 0 Å². The average Bonchev–Trinajstić information content (AvgIpc) is 2.79. The van der Waals surface area contributed by atoms with Crippen LogP contribution in [0.4, 0.5) is 0 Å². The molecule has 0 radical (unpaired) electrons. The number of rotatable bonds is 19. The van der Waals surface area contributed by atoms with E-state index in [1.807, 2.05) is 0 Å². The highest BCUT2D eigenvalue weighted by molar-refractivity contribution is 5.85. The van der Waals surface area contributed by atoms with Gasteiger partial charge in [-0.3, -0.25) is 4.79 Å². The fraction of sp³-hybridized carbons (Fsp3) is 0.926. The molecule has 0 spiro atoms. The van der Waals surface area contributed by atoms with Gasteiger partial charge in [0.25, 0.3) is 0 Å². The van der Waals surface area contributed by atoms with Crippen molar-refractivity contribution in [3.63, 3.8) is 0 Å². The van der Waals surface area contributed by atoms with Crippen LogP contribution in [0.3, 0.4) is 0 Å². The zero-order valence-electron chi connectivity index (χ0n) is 20.7. The molecule has 31 heavy (non-hydrogen) atoms. The maximum absolute atomic E-state index is 12.2. The van der Waals surface area contributed by atoms with Gasteiger partial charge in [0.1, 0.15) is 6.04 Å². The summed E-state index contributed by atoms with van der Waals surface area (Å²) in [6.07, 6.45) is 25.3. The number of carbonyl (C=O) groups is 2. The summed E-state index contributed by atoms with van der Waals surface area (Å²) >= 11 is 0. The Morgan fingerprint density at radius 2 is 1.19 bits per heavy atom. The first-order valence-electron chi connectivity index (χ1n) is 13.6. The highest BCUT2D eigenvalue weighted by Gasteiger charge is 2.24. The lowest BCUT2D eigenvalue weighted by molar-refractivity contribution is -0.148. The number of hydrogen-bond acceptors (Lipinski definition) is 3. The predicted molar refractivity (Wildman–Crippen MR) is 130 cm³/mol. The topological polar surface area (TPSA) is 55.4 Å². The van der Waals surface area contributed by atoms with Crippen LogP contribution in [-0.4, -0.2) is 24.5 Å². The molecule has 1 rings (SSSR count). The van der Waals surface area contributed by atoms with E-state index < -0.39 is 6.04 Å². The van der Waals surface area contributed by atoms with E-state index in [0.29, 0.717) is 6.61 Å². The Morgan fingerprint density at radius 3 is 1.68 bits per heavy atom. The molecule has 0 aromatic heterocycles. The van der Waals surface area contributed by atoms with Crippen LogP contribution in [0.15, 0.2) is 0 Å². The molecule has 0 bridgehead atoms. The van der Waals surface area contributed by atoms with Crippen molar-refractivity contribution in [1.82, 2.24) is 5.32 Å². The summed E-state index contributed by atoms with van der Waals surface area (Å²) in [4.78, 5) is 24.3. The lowest BCUT2D eigenvalue weighted by Gasteiger charge is -2.22. The fourth-order valence-corrected chi connectivity index (χ4v) is 4.53. The van der Waals surface area contributed by atoms with E-state index in [4.69, 9.17) is 4.74 Å². The third-order valence-electron chi connectivity index (χ3n) is 6.68. The van der Waals surface area contributed by atoms with Gasteiger partial charge in [0, 0.05) is 5.92 Å². The van der Waals surface area contributed by atoms with Crippen LogP contribution in [0.5, 0.6) is 0 Å². The SMILES string of the molecule is CCCCCCCCCCCCCCCCCOC(=O)[C@H](C)NC(=O)C1CCCCC1. The van der Waals surface area contributed by atoms with Gasteiger partial charge in [-0.15, -0.1) is 0 Å². The van der Waals surface area contributed by atoms with Gasteiger partial charge >= 0.3 is 5.97 Å². The predicted octanol–water partition coefficient (Wildman–Crippen LogP) is 7.49. The summed E-state index contributed by atoms with van der Waals surface area (Å²) < 4.78 is 5.35. The summed E-state index contributed by atoms with van der Waals surface area (Å²) in [7, 11) is 0. The molecule has 1 atom stereocenters. The number of amides is 1. The first-order chi connectivity index (χ1) is 15.1. The van der Waals surface area contributed by atoms with Gasteiger partial charge in [-0.1, -0.05) is 116 Å². The number of ether oxygens (including phenoxy) is 1. The first kappa shape index (κ1) is 28.0. The standard InChI is InChI=1S/C27H51NO3/c1-3-4-5-6-7-8-9-10-11-12-13-14-15-16-20-23-31-27(30)24(2)28-26(29)25-21-18-17-19-22-25/h24-25H,3-23H2,1-2H3,(H,28,29)/t24-/m0/s1. The first-order valence-corrected chi connectivity index (χ1v) is 13.6. The lowest BCUT2D eigenvalue weighted by atomic mass is 9.88. The molecular weight excluding hydrogens is 386 g/mol. The fourth-order valence-electron chi connectivity index (χ4n) is 4.53. The summed E-state index contributed by atoms with van der Waals surface area (Å²) in [5.41, 5.74) is 0. The lowest BCUT2D eigenvalue weighted by Crippen LogP contribution is -2.43. The van der Waals surface area contributed by atoms with Gasteiger partial charge in [0.15, 0.2) is 0 Å². The Balaban J connectivity index is 1.84. The Labute approximate surface area is 192 Å². The van der Waals surface area contributed by atoms with Crippen LogP contribution < -0.4 is 5.32 Å². The Bertz CT molecular complexity index is 446. The summed E-state index contributed by atoms with van der Waals surface area (Å²) in [6, 6.07) is -0.536. The highest BCUT2D eigenvalue weighted by atomic mass is 16.5. The van der Waals surface area contributed by atoms with Crippen LogP contribution in [0, 0.1) is 5.92 Å². The van der Waals surface area contributed by atoms with Crippen LogP contribution in [0.25, 0.3) is 0 Å². The number of nitrogens with one attached hydrogen (secondary N) is 1. The van der Waals surface area contributed by atoms with Crippen molar-refractivity contribution < 1.29 is 14.3 Å². The number of unbranched alkanes of at least 4 members (excludes halogenated alkanes) is 14. The minimum absolute atomic E-state index is 0.0242. The summed E-state index contributed by atoms with van der Waals surface area (Å²) in [5, 5.41) is 2.84. The van der Waals surface area contributed by atoms with E-state index in [1.54, 1.807) is 6.92 Å². The van der Waals surface area contributed by atoms with Crippen LogP contribution in [-0.2, 0) is 14.3 Å². The molecular formula is C27H51NO3. The van der Waals surface area contributed by atoms with Crippen molar-refractivity contribution in [3.05, 3.63) is 0 Å². The largest absolute Gasteiger partial charge is 0.464 e. The van der Waals surface area contributed by atoms with Crippen molar-refractivity contribution in [2.75, 3.05) is 6.61 Å². The van der Waals surface area contributed by atoms with Gasteiger partial charge in [0.05, 0.1) is 6.61 Å². The van der Waals surface area contributed by atoms with Crippen molar-refractivity contribution >= 4 is 11.9 Å². The second-order valence-electron chi connectivity index (χ2n) is 9.68. The van der Waals surface area contributed by atoms with Gasteiger partial charge in [-0.05, 0) is 26.2 Å². The molecule has 1 amide bonds. The van der Waals surface area contributed by atoms with Gasteiger partial charge in [-0.25, -0.2) is 4.79 Å². The van der Waals surface area contributed by atoms with E-state index in [9.17, 15) is 9.59 Å². The maximum Gasteiger partial charge on any atom is 0.328 e. The van der Waals surface area contributed by atoms with Gasteiger partial charge < -0.3 is 10.1 Å². The van der Waals surface area contributed by atoms with Crippen molar-refractivity contribution in [2.45, 2.75) is 148 Å². The second-order valence-corrected chi connectivity index (χ2v) is 9.68. The molecule has 1 fully saturated rings. The Hall–Kier alpha value is -1.06. The molecule has 182 valence electrons. The van der Waals surface area contributed by atoms with E-state index in [-0.39, 0.29) is 17.8 Å². The molecule has 0 unspecified atom stereocenters. The molecule has 0 aromatic rings. The van der Waals surface area contributed by atoms with Crippen molar-refractivity contribution in [1.29, 1.82) is 0 Å². The third-order valence-corrected chi connectivity index (χ3v) is 6.68. The summed E-state index contributed by atoms with van der Waals surface area (Å²) in [5.74, 6) is -0.190. The third kappa shape index (κ3) is 15.4. The molecule has 1 aliphatic carbocycles. The number of esters is 1. The van der Waals surface area contributed by atoms with E-state index in [1.165, 1.54) is 89.9 Å². The maximum atomic E-state index is 12.2. The minimum Gasteiger partial charge on any atom is -0.464 e. The molecule has 4 nitrogen and oxygen atoms in total. The monoisotopic (exact) mass is 437 g/mol. The number of carbonyl (C=O) groups excluding carboxylic acids is 2. The Morgan fingerprint density at radius 1 is 0.742 bits per heavy atom. The molecule has 0 aromatic carbocycles. The molecule has 1 saturated carbocycles. The zero-order chi connectivity index (χ0) is 22.6. The molecule has 0 aliphatic heterocycles. The zero-order valence-corrected chi connectivity index (χ0v) is 20.7. The van der Waals surface area contributed by atoms with Gasteiger partial charge in [0.2, 0.25) is 5.91 Å². The molecule has 0 saturated heterocycles. The molecule has 0 heterocycles. The summed E-state index contributed by atoms with van der Waals surface area (Å²) in [6.45, 7) is 4.48. The van der Waals surface area contributed by atoms with E-state index in [0.717, 1.165) is 38.5 Å². The van der Waals surface area contributed by atoms with Crippen LogP contribution in [0.1, 0.15) is 142 Å². The van der Waals surface area contributed by atoms with E-state index in [2.05, 4.69) is 12.2 Å². The van der Waals surface area contributed by atoms with Crippen LogP contribution in [0.2, 0.25) is 0 Å². The minimum atomic E-state index is -0.536. The van der Waals surface area contributed by atoms with Gasteiger partial charge in [-0.2, -0.15) is 0 Å². The van der Waals surface area contributed by atoms with Crippen molar-refractivity contribution in [3.8, 4) is 0 Å². The molecule has 1 aliphatic rings. The highest BCUT2D eigenvalue weighted by Crippen LogP contribution is 2.23. The quantitative estimate of drug-likeness (QED) is 0.168. The smallest absolute Gasteiger partial charge is 0.328 e. The average molecular weight is 438 g/mol. The molecule has 1 N–H and O–H groups in total. The normalized spacial score (nSPS) is 15.5. The van der Waals surface area contributed by atoms with Crippen molar-refractivity contribution in [2.24, 2.45) is 5.92 Å². The van der Waals surface area contributed by atoms with Crippen LogP contribution >= 0.6 is 0 Å². The second kappa shape index (κ2) is 19.6. The number of hydrogen-bond donors (Lipinski definition) is 1. The molecule has 4 heteroatoms.